The molecule has 3 N–H and O–H groups in total. The van der Waals surface area contributed by atoms with Crippen molar-refractivity contribution in [2.75, 3.05) is 13.1 Å². The number of rotatable bonds is 5. The molecule has 2 rings (SSSR count). The van der Waals surface area contributed by atoms with Gasteiger partial charge in [0.15, 0.2) is 0 Å². The van der Waals surface area contributed by atoms with Crippen LogP contribution in [0.3, 0.4) is 0 Å². The molecule has 2 aliphatic carbocycles. The Morgan fingerprint density at radius 2 is 1.80 bits per heavy atom. The van der Waals surface area contributed by atoms with Crippen LogP contribution in [0.1, 0.15) is 57.8 Å². The quantitative estimate of drug-likeness (QED) is 0.731. The van der Waals surface area contributed by atoms with E-state index < -0.39 is 0 Å². The SMILES string of the molecule is NCC1(NCCC2CCC2)CCCCC1. The van der Waals surface area contributed by atoms with Crippen LogP contribution in [0.5, 0.6) is 0 Å². The Hall–Kier alpha value is -0.0800. The van der Waals surface area contributed by atoms with Gasteiger partial charge in [-0.2, -0.15) is 0 Å². The summed E-state index contributed by atoms with van der Waals surface area (Å²) < 4.78 is 0. The van der Waals surface area contributed by atoms with Gasteiger partial charge in [-0.05, 0) is 31.7 Å². The van der Waals surface area contributed by atoms with Crippen molar-refractivity contribution in [2.24, 2.45) is 11.7 Å². The van der Waals surface area contributed by atoms with Gasteiger partial charge in [0.2, 0.25) is 0 Å². The molecule has 2 fully saturated rings. The summed E-state index contributed by atoms with van der Waals surface area (Å²) in [6.45, 7) is 2.03. The minimum atomic E-state index is 0.308. The van der Waals surface area contributed by atoms with Gasteiger partial charge in [0.05, 0.1) is 0 Å². The van der Waals surface area contributed by atoms with Gasteiger partial charge in [-0.25, -0.2) is 0 Å². The molecule has 15 heavy (non-hydrogen) atoms. The maximum atomic E-state index is 5.94. The van der Waals surface area contributed by atoms with Gasteiger partial charge < -0.3 is 11.1 Å². The molecule has 0 amide bonds. The lowest BCUT2D eigenvalue weighted by Gasteiger charge is -2.38. The molecule has 0 bridgehead atoms. The molecule has 0 saturated heterocycles. The average molecular weight is 210 g/mol. The van der Waals surface area contributed by atoms with E-state index in [1.54, 1.807) is 0 Å². The first kappa shape index (κ1) is 11.4. The van der Waals surface area contributed by atoms with E-state index >= 15 is 0 Å². The average Bonchev–Trinajstić information content (AvgIpc) is 2.23. The maximum Gasteiger partial charge on any atom is 0.0304 e. The summed E-state index contributed by atoms with van der Waals surface area (Å²) in [7, 11) is 0. The van der Waals surface area contributed by atoms with Gasteiger partial charge in [0.1, 0.15) is 0 Å². The Balaban J connectivity index is 1.69. The minimum absolute atomic E-state index is 0.308. The van der Waals surface area contributed by atoms with Crippen molar-refractivity contribution in [1.82, 2.24) is 5.32 Å². The van der Waals surface area contributed by atoms with Gasteiger partial charge in [0.25, 0.3) is 0 Å². The predicted molar refractivity (Wildman–Crippen MR) is 64.8 cm³/mol. The van der Waals surface area contributed by atoms with Crippen molar-refractivity contribution in [2.45, 2.75) is 63.3 Å². The van der Waals surface area contributed by atoms with Gasteiger partial charge >= 0.3 is 0 Å². The molecule has 0 aromatic heterocycles. The van der Waals surface area contributed by atoms with Crippen LogP contribution in [-0.4, -0.2) is 18.6 Å². The molecule has 2 aliphatic rings. The van der Waals surface area contributed by atoms with Crippen LogP contribution in [-0.2, 0) is 0 Å². The summed E-state index contributed by atoms with van der Waals surface area (Å²) in [5.41, 5.74) is 6.25. The summed E-state index contributed by atoms with van der Waals surface area (Å²) in [6, 6.07) is 0. The van der Waals surface area contributed by atoms with Gasteiger partial charge in [-0.3, -0.25) is 0 Å². The van der Waals surface area contributed by atoms with Crippen LogP contribution in [0.25, 0.3) is 0 Å². The maximum absolute atomic E-state index is 5.94. The highest BCUT2D eigenvalue weighted by Crippen LogP contribution is 2.30. The zero-order valence-electron chi connectivity index (χ0n) is 9.93. The first-order chi connectivity index (χ1) is 7.35. The fourth-order valence-corrected chi connectivity index (χ4v) is 3.00. The lowest BCUT2D eigenvalue weighted by Crippen LogP contribution is -2.53. The topological polar surface area (TPSA) is 38.0 Å². The largest absolute Gasteiger partial charge is 0.329 e. The first-order valence-corrected chi connectivity index (χ1v) is 6.80. The second-order valence-electron chi connectivity index (χ2n) is 5.56. The van der Waals surface area contributed by atoms with Crippen molar-refractivity contribution in [3.8, 4) is 0 Å². The van der Waals surface area contributed by atoms with Gasteiger partial charge in [-0.15, -0.1) is 0 Å². The number of hydrogen-bond donors (Lipinski definition) is 2. The van der Waals surface area contributed by atoms with E-state index in [1.807, 2.05) is 0 Å². The zero-order valence-corrected chi connectivity index (χ0v) is 9.93. The number of hydrogen-bond acceptors (Lipinski definition) is 2. The highest BCUT2D eigenvalue weighted by atomic mass is 15.0. The Kier molecular flexibility index (Phi) is 4.04. The van der Waals surface area contributed by atoms with Crippen LogP contribution in [0.4, 0.5) is 0 Å². The molecule has 0 unspecified atom stereocenters. The van der Waals surface area contributed by atoms with E-state index in [-0.39, 0.29) is 0 Å². The third kappa shape index (κ3) is 2.94. The smallest absolute Gasteiger partial charge is 0.0304 e. The zero-order chi connectivity index (χ0) is 10.6. The molecule has 2 nitrogen and oxygen atoms in total. The summed E-state index contributed by atoms with van der Waals surface area (Å²) in [4.78, 5) is 0. The minimum Gasteiger partial charge on any atom is -0.329 e. The molecule has 2 heteroatoms. The third-order valence-corrected chi connectivity index (χ3v) is 4.48. The molecule has 2 saturated carbocycles. The highest BCUT2D eigenvalue weighted by Gasteiger charge is 2.30. The monoisotopic (exact) mass is 210 g/mol. The summed E-state index contributed by atoms with van der Waals surface area (Å²) in [6.07, 6.45) is 12.5. The Labute approximate surface area is 94.0 Å². The molecule has 88 valence electrons. The predicted octanol–water partition coefficient (Wildman–Crippen LogP) is 2.43. The number of nitrogens with two attached hydrogens (primary N) is 1. The van der Waals surface area contributed by atoms with Crippen LogP contribution in [0, 0.1) is 5.92 Å². The van der Waals surface area contributed by atoms with E-state index in [9.17, 15) is 0 Å². The summed E-state index contributed by atoms with van der Waals surface area (Å²) >= 11 is 0. The second-order valence-corrected chi connectivity index (χ2v) is 5.56. The highest BCUT2D eigenvalue weighted by molar-refractivity contribution is 4.91. The molecular weight excluding hydrogens is 184 g/mol. The first-order valence-electron chi connectivity index (χ1n) is 6.80. The van der Waals surface area contributed by atoms with Crippen molar-refractivity contribution in [3.05, 3.63) is 0 Å². The standard InChI is InChI=1S/C13H26N2/c14-11-13(8-2-1-3-9-13)15-10-7-12-5-4-6-12/h12,15H,1-11,14H2. The van der Waals surface area contributed by atoms with E-state index in [0.717, 1.165) is 12.5 Å². The molecule has 0 atom stereocenters. The Morgan fingerprint density at radius 1 is 1.07 bits per heavy atom. The molecule has 0 aromatic carbocycles. The molecular formula is C13H26N2. The number of nitrogens with one attached hydrogen (secondary N) is 1. The van der Waals surface area contributed by atoms with Gasteiger partial charge in [-0.1, -0.05) is 38.5 Å². The van der Waals surface area contributed by atoms with E-state index in [0.29, 0.717) is 5.54 Å². The molecule has 0 radical (unpaired) electrons. The fraction of sp³-hybridized carbons (Fsp3) is 1.00. The van der Waals surface area contributed by atoms with Gasteiger partial charge in [0, 0.05) is 12.1 Å². The van der Waals surface area contributed by atoms with Crippen LogP contribution < -0.4 is 11.1 Å². The normalized spacial score (nSPS) is 26.2. The van der Waals surface area contributed by atoms with Crippen LogP contribution >= 0.6 is 0 Å². The van der Waals surface area contributed by atoms with E-state index in [4.69, 9.17) is 5.73 Å². The van der Waals surface area contributed by atoms with Crippen molar-refractivity contribution in [1.29, 1.82) is 0 Å². The lowest BCUT2D eigenvalue weighted by molar-refractivity contribution is 0.218. The van der Waals surface area contributed by atoms with E-state index in [2.05, 4.69) is 5.32 Å². The molecule has 0 spiro atoms. The van der Waals surface area contributed by atoms with Crippen molar-refractivity contribution >= 4 is 0 Å². The Bertz CT molecular complexity index is 181. The molecule has 0 aromatic rings. The van der Waals surface area contributed by atoms with Crippen molar-refractivity contribution < 1.29 is 0 Å². The third-order valence-electron chi connectivity index (χ3n) is 4.48. The summed E-state index contributed by atoms with van der Waals surface area (Å²) in [5, 5.41) is 3.76. The van der Waals surface area contributed by atoms with Crippen LogP contribution in [0.15, 0.2) is 0 Å². The lowest BCUT2D eigenvalue weighted by atomic mass is 9.80. The Morgan fingerprint density at radius 3 is 2.33 bits per heavy atom. The summed E-state index contributed by atoms with van der Waals surface area (Å²) in [5.74, 6) is 1.02. The van der Waals surface area contributed by atoms with E-state index in [1.165, 1.54) is 64.3 Å². The van der Waals surface area contributed by atoms with Crippen molar-refractivity contribution in [3.63, 3.8) is 0 Å². The molecule has 0 heterocycles. The van der Waals surface area contributed by atoms with Crippen LogP contribution in [0.2, 0.25) is 0 Å². The second kappa shape index (κ2) is 5.31. The molecule has 0 aliphatic heterocycles. The fourth-order valence-electron chi connectivity index (χ4n) is 3.00.